The number of fused-ring (bicyclic) bond motifs is 1. The topological polar surface area (TPSA) is 12.0 Å². The van der Waals surface area contributed by atoms with Crippen LogP contribution in [0.5, 0.6) is 0 Å². The second-order valence-electron chi connectivity index (χ2n) is 4.72. The largest absolute Gasteiger partial charge is 0.384 e. The minimum atomic E-state index is 1.08. The van der Waals surface area contributed by atoms with Crippen LogP contribution in [0.15, 0.2) is 46.9 Å². The lowest BCUT2D eigenvalue weighted by molar-refractivity contribution is 0.956. The van der Waals surface area contributed by atoms with Gasteiger partial charge in [0.05, 0.1) is 0 Å². The quantitative estimate of drug-likeness (QED) is 0.896. The summed E-state index contributed by atoms with van der Waals surface area (Å²) in [7, 11) is 0. The molecule has 1 aliphatic heterocycles. The molecule has 3 rings (SSSR count). The molecule has 2 heteroatoms. The number of hydrogen-bond acceptors (Lipinski definition) is 1. The van der Waals surface area contributed by atoms with Gasteiger partial charge in [-0.3, -0.25) is 0 Å². The lowest BCUT2D eigenvalue weighted by Gasteiger charge is -2.09. The highest BCUT2D eigenvalue weighted by molar-refractivity contribution is 9.10. The van der Waals surface area contributed by atoms with E-state index in [0.29, 0.717) is 0 Å². The van der Waals surface area contributed by atoms with Gasteiger partial charge in [0.25, 0.3) is 0 Å². The molecule has 0 radical (unpaired) electrons. The van der Waals surface area contributed by atoms with Gasteiger partial charge in [0.15, 0.2) is 0 Å². The SMILES string of the molecule is Brc1ccccc1CCc1cccc2c1NCC2. The molecule has 0 saturated heterocycles. The standard InChI is InChI=1S/C16H16BrN/c17-15-7-2-1-4-12(15)8-9-13-5-3-6-14-10-11-18-16(13)14/h1-7,18H,8-11H2. The third-order valence-corrected chi connectivity index (χ3v) is 4.33. The van der Waals surface area contributed by atoms with Crippen molar-refractivity contribution in [2.45, 2.75) is 19.3 Å². The highest BCUT2D eigenvalue weighted by Gasteiger charge is 2.13. The van der Waals surface area contributed by atoms with Crippen molar-refractivity contribution in [1.29, 1.82) is 0 Å². The number of rotatable bonds is 3. The summed E-state index contributed by atoms with van der Waals surface area (Å²) in [6.07, 6.45) is 3.34. The van der Waals surface area contributed by atoms with Crippen LogP contribution in [0.4, 0.5) is 5.69 Å². The van der Waals surface area contributed by atoms with Gasteiger partial charge >= 0.3 is 0 Å². The summed E-state index contributed by atoms with van der Waals surface area (Å²) < 4.78 is 1.21. The van der Waals surface area contributed by atoms with Crippen molar-refractivity contribution < 1.29 is 0 Å². The van der Waals surface area contributed by atoms with Crippen molar-refractivity contribution in [2.24, 2.45) is 0 Å². The molecule has 0 unspecified atom stereocenters. The van der Waals surface area contributed by atoms with Gasteiger partial charge in [0.1, 0.15) is 0 Å². The minimum Gasteiger partial charge on any atom is -0.384 e. The van der Waals surface area contributed by atoms with Gasteiger partial charge in [0, 0.05) is 16.7 Å². The Morgan fingerprint density at radius 1 is 0.944 bits per heavy atom. The lowest BCUT2D eigenvalue weighted by atomic mass is 10.0. The average molecular weight is 302 g/mol. The van der Waals surface area contributed by atoms with Crippen molar-refractivity contribution in [3.63, 3.8) is 0 Å². The molecule has 18 heavy (non-hydrogen) atoms. The molecular weight excluding hydrogens is 286 g/mol. The van der Waals surface area contributed by atoms with Gasteiger partial charge in [-0.2, -0.15) is 0 Å². The van der Waals surface area contributed by atoms with Gasteiger partial charge in [-0.15, -0.1) is 0 Å². The van der Waals surface area contributed by atoms with Crippen LogP contribution < -0.4 is 5.32 Å². The highest BCUT2D eigenvalue weighted by Crippen LogP contribution is 2.28. The molecular formula is C16H16BrN. The third kappa shape index (κ3) is 2.30. The van der Waals surface area contributed by atoms with Crippen LogP contribution in [0, 0.1) is 0 Å². The van der Waals surface area contributed by atoms with E-state index < -0.39 is 0 Å². The fourth-order valence-electron chi connectivity index (χ4n) is 2.59. The first-order chi connectivity index (χ1) is 8.84. The monoisotopic (exact) mass is 301 g/mol. The van der Waals surface area contributed by atoms with Crippen molar-refractivity contribution in [3.8, 4) is 0 Å². The second-order valence-corrected chi connectivity index (χ2v) is 5.57. The van der Waals surface area contributed by atoms with Crippen molar-refractivity contribution in [1.82, 2.24) is 0 Å². The van der Waals surface area contributed by atoms with Crippen molar-refractivity contribution >= 4 is 21.6 Å². The van der Waals surface area contributed by atoms with Crippen LogP contribution in [0.25, 0.3) is 0 Å². The Balaban J connectivity index is 1.78. The Morgan fingerprint density at radius 3 is 2.61 bits per heavy atom. The zero-order valence-electron chi connectivity index (χ0n) is 10.2. The molecule has 1 aliphatic rings. The molecule has 0 atom stereocenters. The summed E-state index contributed by atoms with van der Waals surface area (Å²) in [6, 6.07) is 15.1. The van der Waals surface area contributed by atoms with Gasteiger partial charge in [0.2, 0.25) is 0 Å². The van der Waals surface area contributed by atoms with E-state index >= 15 is 0 Å². The zero-order chi connectivity index (χ0) is 12.4. The number of benzene rings is 2. The molecule has 2 aromatic carbocycles. The molecule has 0 spiro atoms. The number of para-hydroxylation sites is 1. The number of halogens is 1. The molecule has 0 bridgehead atoms. The Labute approximate surface area is 116 Å². The van der Waals surface area contributed by atoms with Crippen LogP contribution in [-0.4, -0.2) is 6.54 Å². The van der Waals surface area contributed by atoms with Crippen molar-refractivity contribution in [3.05, 3.63) is 63.6 Å². The fraction of sp³-hybridized carbons (Fsp3) is 0.250. The zero-order valence-corrected chi connectivity index (χ0v) is 11.8. The summed E-state index contributed by atoms with van der Waals surface area (Å²) in [5, 5.41) is 3.51. The summed E-state index contributed by atoms with van der Waals surface area (Å²) in [6.45, 7) is 1.08. The first-order valence-electron chi connectivity index (χ1n) is 6.42. The summed E-state index contributed by atoms with van der Waals surface area (Å²) >= 11 is 3.62. The van der Waals surface area contributed by atoms with Gasteiger partial charge in [-0.1, -0.05) is 52.3 Å². The molecule has 0 saturated carbocycles. The van der Waals surface area contributed by atoms with E-state index in [4.69, 9.17) is 0 Å². The maximum Gasteiger partial charge on any atom is 0.0406 e. The molecule has 0 aliphatic carbocycles. The summed E-state index contributed by atoms with van der Waals surface area (Å²) in [4.78, 5) is 0. The molecule has 1 nitrogen and oxygen atoms in total. The smallest absolute Gasteiger partial charge is 0.0406 e. The maximum atomic E-state index is 3.62. The Kier molecular flexibility index (Phi) is 3.37. The number of anilines is 1. The molecule has 92 valence electrons. The predicted octanol–water partition coefficient (Wildman–Crippen LogP) is 4.20. The minimum absolute atomic E-state index is 1.08. The molecule has 0 aromatic heterocycles. The Hall–Kier alpha value is -1.28. The lowest BCUT2D eigenvalue weighted by Crippen LogP contribution is -1.98. The van der Waals surface area contributed by atoms with E-state index in [9.17, 15) is 0 Å². The molecule has 0 amide bonds. The molecule has 1 N–H and O–H groups in total. The van der Waals surface area contributed by atoms with E-state index in [0.717, 1.165) is 25.8 Å². The van der Waals surface area contributed by atoms with Crippen molar-refractivity contribution in [2.75, 3.05) is 11.9 Å². The van der Waals surface area contributed by atoms with Crippen LogP contribution in [0.1, 0.15) is 16.7 Å². The maximum absolute atomic E-state index is 3.62. The van der Waals surface area contributed by atoms with E-state index in [1.54, 1.807) is 0 Å². The van der Waals surface area contributed by atoms with E-state index in [2.05, 4.69) is 63.7 Å². The van der Waals surface area contributed by atoms with Crippen LogP contribution in [0.3, 0.4) is 0 Å². The molecule has 1 heterocycles. The first-order valence-corrected chi connectivity index (χ1v) is 7.22. The Morgan fingerprint density at radius 2 is 1.72 bits per heavy atom. The number of hydrogen-bond donors (Lipinski definition) is 1. The normalized spacial score (nSPS) is 13.2. The molecule has 0 fully saturated rings. The van der Waals surface area contributed by atoms with E-state index in [-0.39, 0.29) is 0 Å². The number of nitrogens with one attached hydrogen (secondary N) is 1. The van der Waals surface area contributed by atoms with Gasteiger partial charge in [-0.05, 0) is 42.0 Å². The van der Waals surface area contributed by atoms with Gasteiger partial charge < -0.3 is 5.32 Å². The summed E-state index contributed by atoms with van der Waals surface area (Å²) in [5.41, 5.74) is 5.68. The highest BCUT2D eigenvalue weighted by atomic mass is 79.9. The number of aryl methyl sites for hydroxylation is 2. The molecule has 2 aromatic rings. The van der Waals surface area contributed by atoms with Gasteiger partial charge in [-0.25, -0.2) is 0 Å². The predicted molar refractivity (Wildman–Crippen MR) is 80.2 cm³/mol. The van der Waals surface area contributed by atoms with Crippen LogP contribution >= 0.6 is 15.9 Å². The van der Waals surface area contributed by atoms with Crippen LogP contribution in [-0.2, 0) is 19.3 Å². The fourth-order valence-corrected chi connectivity index (χ4v) is 3.07. The Bertz CT molecular complexity index is 563. The van der Waals surface area contributed by atoms with Crippen LogP contribution in [0.2, 0.25) is 0 Å². The second kappa shape index (κ2) is 5.15. The van der Waals surface area contributed by atoms with E-state index in [1.165, 1.54) is 26.9 Å². The van der Waals surface area contributed by atoms with E-state index in [1.807, 2.05) is 0 Å². The average Bonchev–Trinajstić information content (AvgIpc) is 2.86. The first kappa shape index (κ1) is 11.8. The summed E-state index contributed by atoms with van der Waals surface area (Å²) in [5.74, 6) is 0. The third-order valence-electron chi connectivity index (χ3n) is 3.55.